The maximum absolute atomic E-state index is 5.94. The van der Waals surface area contributed by atoms with Crippen molar-refractivity contribution >= 4 is 0 Å². The van der Waals surface area contributed by atoms with Crippen LogP contribution in [-0.4, -0.2) is 25.0 Å². The monoisotopic (exact) mass is 219 g/mol. The Morgan fingerprint density at radius 2 is 2.19 bits per heavy atom. The molecule has 0 aromatic rings. The van der Waals surface area contributed by atoms with Crippen LogP contribution in [0.3, 0.4) is 0 Å². The maximum Gasteiger partial charge on any atom is 0.214 e. The van der Waals surface area contributed by atoms with E-state index in [1.165, 1.54) is 11.3 Å². The SMILES string of the molecule is CC1C=CN(C)C2=C1CC1=C(NCCN1)O2. The van der Waals surface area contributed by atoms with E-state index in [0.29, 0.717) is 5.92 Å². The Labute approximate surface area is 95.6 Å². The Balaban J connectivity index is 1.92. The van der Waals surface area contributed by atoms with Crippen LogP contribution in [0, 0.1) is 5.92 Å². The Morgan fingerprint density at radius 3 is 3.06 bits per heavy atom. The number of rotatable bonds is 0. The molecule has 3 aliphatic heterocycles. The highest BCUT2D eigenvalue weighted by molar-refractivity contribution is 5.32. The minimum Gasteiger partial charge on any atom is -0.423 e. The first-order valence-corrected chi connectivity index (χ1v) is 5.78. The summed E-state index contributed by atoms with van der Waals surface area (Å²) in [6.07, 6.45) is 5.25. The van der Waals surface area contributed by atoms with E-state index in [1.54, 1.807) is 0 Å². The fourth-order valence-corrected chi connectivity index (χ4v) is 2.34. The number of ether oxygens (including phenoxy) is 1. The van der Waals surface area contributed by atoms with Crippen LogP contribution in [0.15, 0.2) is 35.3 Å². The first-order valence-electron chi connectivity index (χ1n) is 5.78. The lowest BCUT2D eigenvalue weighted by Gasteiger charge is -2.36. The highest BCUT2D eigenvalue weighted by atomic mass is 16.5. The molecule has 4 nitrogen and oxygen atoms in total. The van der Waals surface area contributed by atoms with Crippen molar-refractivity contribution in [2.75, 3.05) is 20.1 Å². The molecule has 3 rings (SSSR count). The third-order valence-electron chi connectivity index (χ3n) is 3.33. The number of nitrogens with zero attached hydrogens (tertiary/aromatic N) is 1. The van der Waals surface area contributed by atoms with Crippen LogP contribution in [0.1, 0.15) is 13.3 Å². The number of hydrogen-bond donors (Lipinski definition) is 2. The predicted molar refractivity (Wildman–Crippen MR) is 61.8 cm³/mol. The largest absolute Gasteiger partial charge is 0.423 e. The zero-order chi connectivity index (χ0) is 11.1. The van der Waals surface area contributed by atoms with E-state index in [1.807, 2.05) is 7.05 Å². The van der Waals surface area contributed by atoms with Gasteiger partial charge in [-0.3, -0.25) is 0 Å². The van der Waals surface area contributed by atoms with Crippen molar-refractivity contribution in [2.45, 2.75) is 13.3 Å². The average molecular weight is 219 g/mol. The molecule has 0 radical (unpaired) electrons. The van der Waals surface area contributed by atoms with Gasteiger partial charge in [-0.15, -0.1) is 0 Å². The number of nitrogens with one attached hydrogen (secondary N) is 2. The summed E-state index contributed by atoms with van der Waals surface area (Å²) < 4.78 is 5.94. The average Bonchev–Trinajstić information content (AvgIpc) is 2.32. The molecule has 0 aliphatic carbocycles. The minimum absolute atomic E-state index is 0.462. The lowest BCUT2D eigenvalue weighted by molar-refractivity contribution is 0.166. The Morgan fingerprint density at radius 1 is 1.38 bits per heavy atom. The second-order valence-corrected chi connectivity index (χ2v) is 4.51. The molecule has 0 spiro atoms. The zero-order valence-corrected chi connectivity index (χ0v) is 9.71. The second kappa shape index (κ2) is 3.47. The second-order valence-electron chi connectivity index (χ2n) is 4.51. The lowest BCUT2D eigenvalue weighted by atomic mass is 9.93. The van der Waals surface area contributed by atoms with Crippen molar-refractivity contribution in [1.82, 2.24) is 15.5 Å². The molecule has 2 N–H and O–H groups in total. The third-order valence-corrected chi connectivity index (χ3v) is 3.33. The molecule has 0 saturated carbocycles. The quantitative estimate of drug-likeness (QED) is 0.639. The highest BCUT2D eigenvalue weighted by Crippen LogP contribution is 2.35. The van der Waals surface area contributed by atoms with Crippen molar-refractivity contribution in [3.8, 4) is 0 Å². The Hall–Kier alpha value is -1.58. The van der Waals surface area contributed by atoms with Gasteiger partial charge >= 0.3 is 0 Å². The van der Waals surface area contributed by atoms with Gasteiger partial charge in [-0.1, -0.05) is 13.0 Å². The van der Waals surface area contributed by atoms with E-state index >= 15 is 0 Å². The van der Waals surface area contributed by atoms with Gasteiger partial charge in [-0.2, -0.15) is 0 Å². The summed E-state index contributed by atoms with van der Waals surface area (Å²) in [5.41, 5.74) is 2.56. The van der Waals surface area contributed by atoms with Gasteiger partial charge in [-0.05, 0) is 0 Å². The first-order chi connectivity index (χ1) is 7.75. The van der Waals surface area contributed by atoms with Gasteiger partial charge in [0.05, 0.1) is 5.70 Å². The van der Waals surface area contributed by atoms with Gasteiger partial charge in [-0.25, -0.2) is 0 Å². The van der Waals surface area contributed by atoms with Crippen LogP contribution >= 0.6 is 0 Å². The molecule has 0 aromatic heterocycles. The molecule has 3 aliphatic rings. The van der Waals surface area contributed by atoms with Gasteiger partial charge in [0.25, 0.3) is 0 Å². The zero-order valence-electron chi connectivity index (χ0n) is 9.71. The Bertz CT molecular complexity index is 372. The van der Waals surface area contributed by atoms with E-state index in [2.05, 4.69) is 34.7 Å². The molecule has 0 saturated heterocycles. The summed E-state index contributed by atoms with van der Waals surface area (Å²) in [4.78, 5) is 2.05. The van der Waals surface area contributed by atoms with Gasteiger partial charge in [0.1, 0.15) is 0 Å². The van der Waals surface area contributed by atoms with Crippen molar-refractivity contribution in [3.63, 3.8) is 0 Å². The fraction of sp³-hybridized carbons (Fsp3) is 0.500. The van der Waals surface area contributed by atoms with Crippen molar-refractivity contribution in [3.05, 3.63) is 35.3 Å². The van der Waals surface area contributed by atoms with Gasteiger partial charge in [0.2, 0.25) is 11.8 Å². The fourth-order valence-electron chi connectivity index (χ4n) is 2.34. The molecule has 0 fully saturated rings. The Kier molecular flexibility index (Phi) is 2.09. The van der Waals surface area contributed by atoms with Crippen LogP contribution in [0.25, 0.3) is 0 Å². The molecule has 1 atom stereocenters. The molecule has 0 bridgehead atoms. The molecule has 4 heteroatoms. The topological polar surface area (TPSA) is 36.5 Å². The maximum atomic E-state index is 5.94. The van der Waals surface area contributed by atoms with E-state index < -0.39 is 0 Å². The lowest BCUT2D eigenvalue weighted by Crippen LogP contribution is -2.40. The van der Waals surface area contributed by atoms with Crippen LogP contribution in [0.4, 0.5) is 0 Å². The summed E-state index contributed by atoms with van der Waals surface area (Å²) in [6.45, 7) is 4.12. The van der Waals surface area contributed by atoms with Crippen molar-refractivity contribution < 1.29 is 4.74 Å². The molecule has 1 unspecified atom stereocenters. The summed E-state index contributed by atoms with van der Waals surface area (Å²) in [5, 5.41) is 6.70. The highest BCUT2D eigenvalue weighted by Gasteiger charge is 2.29. The number of hydrogen-bond acceptors (Lipinski definition) is 4. The normalized spacial score (nSPS) is 27.9. The van der Waals surface area contributed by atoms with E-state index in [9.17, 15) is 0 Å². The summed E-state index contributed by atoms with van der Waals surface area (Å²) in [6, 6.07) is 0. The molecule has 86 valence electrons. The van der Waals surface area contributed by atoms with Crippen LogP contribution in [0.5, 0.6) is 0 Å². The van der Waals surface area contributed by atoms with E-state index in [-0.39, 0.29) is 0 Å². The summed E-state index contributed by atoms with van der Waals surface area (Å²) in [7, 11) is 2.03. The number of allylic oxidation sites excluding steroid dienone is 2. The third kappa shape index (κ3) is 1.37. The van der Waals surface area contributed by atoms with Crippen LogP contribution in [0.2, 0.25) is 0 Å². The van der Waals surface area contributed by atoms with Gasteiger partial charge in [0.15, 0.2) is 0 Å². The summed E-state index contributed by atoms with van der Waals surface area (Å²) >= 11 is 0. The van der Waals surface area contributed by atoms with E-state index in [0.717, 1.165) is 31.3 Å². The molecule has 16 heavy (non-hydrogen) atoms. The van der Waals surface area contributed by atoms with Crippen LogP contribution < -0.4 is 10.6 Å². The van der Waals surface area contributed by atoms with E-state index in [4.69, 9.17) is 4.74 Å². The molecular weight excluding hydrogens is 202 g/mol. The molecule has 0 aromatic carbocycles. The van der Waals surface area contributed by atoms with Crippen molar-refractivity contribution in [1.29, 1.82) is 0 Å². The molecule has 0 amide bonds. The predicted octanol–water partition coefficient (Wildman–Crippen LogP) is 1.08. The smallest absolute Gasteiger partial charge is 0.214 e. The standard InChI is InChI=1S/C12H17N3O/c1-8-3-6-15(2)12-9(8)7-10-11(16-12)14-5-4-13-10/h3,6,8,13-14H,4-5,7H2,1-2H3. The molecular formula is C12H17N3O. The summed E-state index contributed by atoms with van der Waals surface area (Å²) in [5.74, 6) is 2.35. The first kappa shape index (κ1) is 9.63. The van der Waals surface area contributed by atoms with Crippen LogP contribution in [-0.2, 0) is 4.74 Å². The van der Waals surface area contributed by atoms with Gasteiger partial charge < -0.3 is 20.3 Å². The van der Waals surface area contributed by atoms with Gasteiger partial charge in [0, 0.05) is 44.2 Å². The van der Waals surface area contributed by atoms with Crippen molar-refractivity contribution in [2.24, 2.45) is 5.92 Å². The molecule has 3 heterocycles. The minimum atomic E-state index is 0.462.